The smallest absolute Gasteiger partial charge is 0.258 e. The molecule has 5 nitrogen and oxygen atoms in total. The van der Waals surface area contributed by atoms with Gasteiger partial charge in [-0.15, -0.1) is 23.1 Å². The molecule has 1 amide bonds. The largest absolute Gasteiger partial charge is 0.349 e. The lowest BCUT2D eigenvalue weighted by molar-refractivity contribution is -0.119. The number of rotatable bonds is 7. The molecule has 0 spiro atoms. The van der Waals surface area contributed by atoms with Crippen LogP contribution in [-0.2, 0) is 10.5 Å². The van der Waals surface area contributed by atoms with Crippen molar-refractivity contribution < 1.29 is 4.79 Å². The van der Waals surface area contributed by atoms with Gasteiger partial charge in [-0.1, -0.05) is 36.8 Å². The minimum Gasteiger partial charge on any atom is -0.349 e. The molecule has 0 aliphatic rings. The number of benzene rings is 1. The second kappa shape index (κ2) is 8.51. The van der Waals surface area contributed by atoms with Crippen molar-refractivity contribution in [1.82, 2.24) is 14.7 Å². The van der Waals surface area contributed by atoms with Crippen molar-refractivity contribution in [1.29, 1.82) is 0 Å². The normalized spacial score (nSPS) is 12.2. The van der Waals surface area contributed by atoms with E-state index in [1.165, 1.54) is 39.1 Å². The number of thiazole rings is 1. The third kappa shape index (κ3) is 4.53. The second-order valence-electron chi connectivity index (χ2n) is 6.07. The molecule has 1 atom stereocenters. The van der Waals surface area contributed by atoms with Crippen molar-refractivity contribution in [3.8, 4) is 0 Å². The Bertz CT molecular complexity index is 947. The molecule has 0 saturated carbocycles. The average Bonchev–Trinajstić information content (AvgIpc) is 3.10. The van der Waals surface area contributed by atoms with Gasteiger partial charge in [0.2, 0.25) is 5.91 Å². The van der Waals surface area contributed by atoms with Crippen LogP contribution in [-0.4, -0.2) is 21.0 Å². The highest BCUT2D eigenvalue weighted by atomic mass is 32.2. The first kappa shape index (κ1) is 18.7. The standard InChI is InChI=1S/C19H21N3O2S2/c1-3-16(14-6-4-13(2)5-7-14)21-17(23)12-25-11-15-10-18(24)22-8-9-26-19(22)20-15/h4-10,16H,3,11-12H2,1-2H3,(H,21,23). The SMILES string of the molecule is CCC(NC(=O)CSCc1cc(=O)n2ccsc2n1)c1ccc(C)cc1. The molecule has 0 aliphatic heterocycles. The molecule has 1 aromatic carbocycles. The van der Waals surface area contributed by atoms with E-state index in [1.807, 2.05) is 12.3 Å². The van der Waals surface area contributed by atoms with Crippen LogP contribution in [0.15, 0.2) is 46.7 Å². The van der Waals surface area contributed by atoms with Crippen LogP contribution >= 0.6 is 23.1 Å². The number of nitrogens with one attached hydrogen (secondary N) is 1. The van der Waals surface area contributed by atoms with Crippen molar-refractivity contribution in [2.75, 3.05) is 5.75 Å². The molecule has 0 radical (unpaired) electrons. The van der Waals surface area contributed by atoms with Crippen LogP contribution in [0, 0.1) is 6.92 Å². The van der Waals surface area contributed by atoms with Gasteiger partial charge >= 0.3 is 0 Å². The van der Waals surface area contributed by atoms with Crippen LogP contribution in [0.3, 0.4) is 0 Å². The second-order valence-corrected chi connectivity index (χ2v) is 7.93. The molecule has 26 heavy (non-hydrogen) atoms. The number of hydrogen-bond acceptors (Lipinski definition) is 5. The van der Waals surface area contributed by atoms with E-state index in [1.54, 1.807) is 6.20 Å². The third-order valence-corrected chi connectivity index (χ3v) is 5.79. The van der Waals surface area contributed by atoms with Crippen LogP contribution in [0.4, 0.5) is 0 Å². The zero-order valence-electron chi connectivity index (χ0n) is 14.8. The zero-order valence-corrected chi connectivity index (χ0v) is 16.4. The Morgan fingerprint density at radius 1 is 1.35 bits per heavy atom. The highest BCUT2D eigenvalue weighted by Crippen LogP contribution is 2.18. The van der Waals surface area contributed by atoms with E-state index in [0.717, 1.165) is 12.0 Å². The molecule has 0 fully saturated rings. The van der Waals surface area contributed by atoms with Gasteiger partial charge in [0.05, 0.1) is 17.5 Å². The molecule has 7 heteroatoms. The summed E-state index contributed by atoms with van der Waals surface area (Å²) < 4.78 is 1.53. The summed E-state index contributed by atoms with van der Waals surface area (Å²) in [6.45, 7) is 4.11. The van der Waals surface area contributed by atoms with E-state index in [2.05, 4.69) is 41.5 Å². The van der Waals surface area contributed by atoms with Gasteiger partial charge in [0.15, 0.2) is 4.96 Å². The number of amides is 1. The number of hydrogen-bond donors (Lipinski definition) is 1. The molecule has 2 aromatic heterocycles. The van der Waals surface area contributed by atoms with Crippen molar-refractivity contribution in [2.45, 2.75) is 32.1 Å². The van der Waals surface area contributed by atoms with Crippen molar-refractivity contribution in [3.05, 3.63) is 69.1 Å². The topological polar surface area (TPSA) is 63.5 Å². The van der Waals surface area contributed by atoms with Gasteiger partial charge in [-0.05, 0) is 18.9 Å². The molecule has 0 aliphatic carbocycles. The lowest BCUT2D eigenvalue weighted by Crippen LogP contribution is -2.29. The Morgan fingerprint density at radius 2 is 2.12 bits per heavy atom. The van der Waals surface area contributed by atoms with E-state index < -0.39 is 0 Å². The molecule has 2 heterocycles. The number of aromatic nitrogens is 2. The fourth-order valence-corrected chi connectivity index (χ4v) is 4.13. The monoisotopic (exact) mass is 387 g/mol. The summed E-state index contributed by atoms with van der Waals surface area (Å²) in [5.41, 5.74) is 2.95. The van der Waals surface area contributed by atoms with Gasteiger partial charge in [0.25, 0.3) is 5.56 Å². The number of aryl methyl sites for hydroxylation is 1. The van der Waals surface area contributed by atoms with E-state index >= 15 is 0 Å². The Kier molecular flexibility index (Phi) is 6.11. The lowest BCUT2D eigenvalue weighted by atomic mass is 10.0. The molecule has 1 unspecified atom stereocenters. The summed E-state index contributed by atoms with van der Waals surface area (Å²) in [6, 6.07) is 9.79. The maximum Gasteiger partial charge on any atom is 0.258 e. The van der Waals surface area contributed by atoms with Gasteiger partial charge < -0.3 is 5.32 Å². The maximum absolute atomic E-state index is 12.3. The minimum absolute atomic E-state index is 0.00338. The summed E-state index contributed by atoms with van der Waals surface area (Å²) in [6.07, 6.45) is 2.56. The number of nitrogens with zero attached hydrogens (tertiary/aromatic N) is 2. The average molecular weight is 388 g/mol. The van der Waals surface area contributed by atoms with Crippen LogP contribution < -0.4 is 10.9 Å². The molecule has 3 aromatic rings. The first-order valence-electron chi connectivity index (χ1n) is 8.46. The van der Waals surface area contributed by atoms with E-state index in [0.29, 0.717) is 22.2 Å². The van der Waals surface area contributed by atoms with Crippen LogP contribution in [0.2, 0.25) is 0 Å². The first-order valence-corrected chi connectivity index (χ1v) is 10.5. The zero-order chi connectivity index (χ0) is 18.5. The Hall–Kier alpha value is -2.12. The fourth-order valence-electron chi connectivity index (χ4n) is 2.67. The van der Waals surface area contributed by atoms with E-state index in [9.17, 15) is 9.59 Å². The lowest BCUT2D eigenvalue weighted by Gasteiger charge is -2.17. The van der Waals surface area contributed by atoms with Crippen LogP contribution in [0.25, 0.3) is 4.96 Å². The fraction of sp³-hybridized carbons (Fsp3) is 0.316. The first-order chi connectivity index (χ1) is 12.6. The highest BCUT2D eigenvalue weighted by molar-refractivity contribution is 7.99. The highest BCUT2D eigenvalue weighted by Gasteiger charge is 2.13. The van der Waals surface area contributed by atoms with Gasteiger partial charge in [0.1, 0.15) is 0 Å². The molecule has 1 N–H and O–H groups in total. The Balaban J connectivity index is 1.54. The number of carbonyl (C=O) groups is 1. The third-order valence-electron chi connectivity index (χ3n) is 4.06. The minimum atomic E-state index is -0.0817. The number of thioether (sulfide) groups is 1. The molecule has 0 bridgehead atoms. The molecule has 136 valence electrons. The Morgan fingerprint density at radius 3 is 2.85 bits per heavy atom. The van der Waals surface area contributed by atoms with Gasteiger partial charge in [-0.3, -0.25) is 14.0 Å². The predicted octanol–water partition coefficient (Wildman–Crippen LogP) is 3.57. The van der Waals surface area contributed by atoms with Gasteiger partial charge in [-0.2, -0.15) is 0 Å². The number of fused-ring (bicyclic) bond motifs is 1. The summed E-state index contributed by atoms with van der Waals surface area (Å²) >= 11 is 2.90. The van der Waals surface area contributed by atoms with Crippen molar-refractivity contribution in [3.63, 3.8) is 0 Å². The van der Waals surface area contributed by atoms with Crippen LogP contribution in [0.5, 0.6) is 0 Å². The summed E-state index contributed by atoms with van der Waals surface area (Å²) in [4.78, 5) is 29.4. The van der Waals surface area contributed by atoms with Gasteiger partial charge in [0, 0.05) is 23.4 Å². The summed E-state index contributed by atoms with van der Waals surface area (Å²) in [7, 11) is 0. The summed E-state index contributed by atoms with van der Waals surface area (Å²) in [5.74, 6) is 0.878. The molecule has 3 rings (SSSR count). The van der Waals surface area contributed by atoms with Crippen molar-refractivity contribution >= 4 is 34.0 Å². The molecular formula is C19H21N3O2S2. The van der Waals surface area contributed by atoms with E-state index in [-0.39, 0.29) is 17.5 Å². The summed E-state index contributed by atoms with van der Waals surface area (Å²) in [5, 5.41) is 4.92. The van der Waals surface area contributed by atoms with E-state index in [4.69, 9.17) is 0 Å². The van der Waals surface area contributed by atoms with Gasteiger partial charge in [-0.25, -0.2) is 4.98 Å². The predicted molar refractivity (Wildman–Crippen MR) is 108 cm³/mol. The van der Waals surface area contributed by atoms with Crippen molar-refractivity contribution in [2.24, 2.45) is 0 Å². The Labute approximate surface area is 160 Å². The number of carbonyl (C=O) groups excluding carboxylic acids is 1. The van der Waals surface area contributed by atoms with Crippen LogP contribution in [0.1, 0.15) is 36.2 Å². The molecule has 0 saturated heterocycles. The molecular weight excluding hydrogens is 366 g/mol. The maximum atomic E-state index is 12.3. The quantitative estimate of drug-likeness (QED) is 0.673.